The number of hydrogen-bond donors (Lipinski definition) is 2. The summed E-state index contributed by atoms with van der Waals surface area (Å²) in [4.78, 5) is 9.37. The number of para-hydroxylation sites is 2. The summed E-state index contributed by atoms with van der Waals surface area (Å²) in [7, 11) is 0. The van der Waals surface area contributed by atoms with E-state index in [1.807, 2.05) is 53.2 Å². The third-order valence-corrected chi connectivity index (χ3v) is 5.08. The fraction of sp³-hybridized carbons (Fsp3) is 0.154. The van der Waals surface area contributed by atoms with E-state index in [1.54, 1.807) is 19.1 Å². The van der Waals surface area contributed by atoms with Gasteiger partial charge in [-0.1, -0.05) is 61.5 Å². The Labute approximate surface area is 181 Å². The van der Waals surface area contributed by atoms with Crippen LogP contribution >= 0.6 is 0 Å². The second-order valence-electron chi connectivity index (χ2n) is 7.21. The number of fused-ring (bicyclic) bond motifs is 1. The van der Waals surface area contributed by atoms with Crippen LogP contribution in [0.2, 0.25) is 0 Å². The highest BCUT2D eigenvalue weighted by atomic mass is 19.1. The van der Waals surface area contributed by atoms with Gasteiger partial charge in [0.1, 0.15) is 5.82 Å². The van der Waals surface area contributed by atoms with Crippen LogP contribution in [-0.4, -0.2) is 21.4 Å². The Morgan fingerprint density at radius 1 is 1.00 bits per heavy atom. The molecule has 0 amide bonds. The summed E-state index contributed by atoms with van der Waals surface area (Å²) in [5.41, 5.74) is 5.09. The predicted molar refractivity (Wildman–Crippen MR) is 123 cm³/mol. The van der Waals surface area contributed by atoms with E-state index in [4.69, 9.17) is 10.5 Å². The van der Waals surface area contributed by atoms with E-state index < -0.39 is 5.97 Å². The Morgan fingerprint density at radius 2 is 1.61 bits per heavy atom. The minimum Gasteiger partial charge on any atom is -0.481 e. The summed E-state index contributed by atoms with van der Waals surface area (Å²) < 4.78 is 16.2. The van der Waals surface area contributed by atoms with Gasteiger partial charge in [-0.25, -0.2) is 4.39 Å². The maximum atomic E-state index is 14.3. The smallest absolute Gasteiger partial charge is 0.303 e. The van der Waals surface area contributed by atoms with Crippen molar-refractivity contribution in [3.8, 4) is 5.69 Å². The van der Waals surface area contributed by atoms with Gasteiger partial charge in [0.15, 0.2) is 0 Å². The first-order valence-electron chi connectivity index (χ1n) is 10.1. The number of hydrogen-bond acceptors (Lipinski definition) is 2. The molecule has 4 rings (SSSR count). The summed E-state index contributed by atoms with van der Waals surface area (Å²) in [5.74, 6) is -1.02. The van der Waals surface area contributed by atoms with Crippen molar-refractivity contribution in [2.24, 2.45) is 0 Å². The number of nitrogens with zero attached hydrogens (tertiary/aromatic N) is 1. The van der Waals surface area contributed by atoms with Crippen LogP contribution in [0, 0.1) is 18.2 Å². The van der Waals surface area contributed by atoms with Crippen LogP contribution in [0.1, 0.15) is 30.0 Å². The van der Waals surface area contributed by atoms with Crippen LogP contribution in [0.5, 0.6) is 0 Å². The Hall–Kier alpha value is -3.73. The van der Waals surface area contributed by atoms with Crippen molar-refractivity contribution < 1.29 is 14.3 Å². The molecule has 0 bridgehead atoms. The normalized spacial score (nSPS) is 10.4. The van der Waals surface area contributed by atoms with E-state index >= 15 is 0 Å². The summed E-state index contributed by atoms with van der Waals surface area (Å²) in [6.45, 7) is 3.66. The molecule has 158 valence electrons. The minimum absolute atomic E-state index is 0.222. The number of carbonyl (C=O) groups is 1. The monoisotopic (exact) mass is 416 g/mol. The molecule has 31 heavy (non-hydrogen) atoms. The van der Waals surface area contributed by atoms with Gasteiger partial charge in [-0.3, -0.25) is 4.79 Å². The SMILES string of the molecule is CCC(=O)O.Cc1ccccc1CC(=N)c1cn(-c2ccccc2F)c2ccccc12. The number of rotatable bonds is 5. The van der Waals surface area contributed by atoms with Crippen molar-refractivity contribution in [1.82, 2.24) is 4.57 Å². The molecule has 1 heterocycles. The molecule has 0 radical (unpaired) electrons. The largest absolute Gasteiger partial charge is 0.481 e. The number of nitrogens with one attached hydrogen (secondary N) is 1. The highest BCUT2D eigenvalue weighted by Gasteiger charge is 2.15. The number of halogens is 1. The first kappa shape index (κ1) is 22.0. The fourth-order valence-electron chi connectivity index (χ4n) is 3.36. The summed E-state index contributed by atoms with van der Waals surface area (Å²) >= 11 is 0. The second-order valence-corrected chi connectivity index (χ2v) is 7.21. The van der Waals surface area contributed by atoms with Crippen molar-refractivity contribution in [3.05, 3.63) is 102 Å². The van der Waals surface area contributed by atoms with Crippen molar-refractivity contribution in [3.63, 3.8) is 0 Å². The second kappa shape index (κ2) is 9.85. The van der Waals surface area contributed by atoms with Crippen LogP contribution in [0.25, 0.3) is 16.6 Å². The molecule has 0 atom stereocenters. The molecular formula is C26H25FN2O2. The predicted octanol–water partition coefficient (Wildman–Crippen LogP) is 6.17. The first-order valence-corrected chi connectivity index (χ1v) is 10.1. The molecule has 2 N–H and O–H groups in total. The molecule has 0 aliphatic heterocycles. The molecular weight excluding hydrogens is 391 g/mol. The van der Waals surface area contributed by atoms with E-state index in [2.05, 4.69) is 19.1 Å². The standard InChI is InChI=1S/C23H19FN2.C3H6O2/c1-16-8-2-3-9-17(16)14-21(25)19-15-26(22-12-6-4-10-18(19)22)23-13-7-5-11-20(23)24;1-2-3(4)5/h2-13,15,25H,14H2,1H3;2H2,1H3,(H,4,5). The molecule has 4 nitrogen and oxygen atoms in total. The molecule has 5 heteroatoms. The molecule has 0 spiro atoms. The van der Waals surface area contributed by atoms with Crippen molar-refractivity contribution in [2.75, 3.05) is 0 Å². The van der Waals surface area contributed by atoms with E-state index in [-0.39, 0.29) is 12.2 Å². The Bertz CT molecular complexity index is 1230. The van der Waals surface area contributed by atoms with Gasteiger partial charge in [0.2, 0.25) is 0 Å². The van der Waals surface area contributed by atoms with Crippen LogP contribution in [-0.2, 0) is 11.2 Å². The van der Waals surface area contributed by atoms with Gasteiger partial charge in [-0.2, -0.15) is 0 Å². The van der Waals surface area contributed by atoms with Gasteiger partial charge in [0.25, 0.3) is 0 Å². The summed E-state index contributed by atoms with van der Waals surface area (Å²) in [6.07, 6.45) is 2.65. The lowest BCUT2D eigenvalue weighted by atomic mass is 9.99. The molecule has 4 aromatic rings. The van der Waals surface area contributed by atoms with Crippen molar-refractivity contribution in [2.45, 2.75) is 26.7 Å². The number of aryl methyl sites for hydroxylation is 1. The molecule has 3 aromatic carbocycles. The Morgan fingerprint density at radius 3 is 2.29 bits per heavy atom. The molecule has 0 saturated heterocycles. The fourth-order valence-corrected chi connectivity index (χ4v) is 3.36. The average molecular weight is 416 g/mol. The molecule has 0 aliphatic rings. The molecule has 0 unspecified atom stereocenters. The van der Waals surface area contributed by atoms with Crippen LogP contribution in [0.3, 0.4) is 0 Å². The lowest BCUT2D eigenvalue weighted by Gasteiger charge is -2.07. The highest BCUT2D eigenvalue weighted by Crippen LogP contribution is 2.27. The van der Waals surface area contributed by atoms with Crippen molar-refractivity contribution in [1.29, 1.82) is 5.41 Å². The van der Waals surface area contributed by atoms with E-state index in [1.165, 1.54) is 11.6 Å². The third-order valence-electron chi connectivity index (χ3n) is 5.08. The van der Waals surface area contributed by atoms with Gasteiger partial charge in [-0.15, -0.1) is 0 Å². The van der Waals surface area contributed by atoms with Crippen molar-refractivity contribution >= 4 is 22.6 Å². The van der Waals surface area contributed by atoms with E-state index in [0.717, 1.165) is 22.0 Å². The van der Waals surface area contributed by atoms with Gasteiger partial charge in [-0.05, 0) is 36.2 Å². The van der Waals surface area contributed by atoms with Gasteiger partial charge >= 0.3 is 5.97 Å². The van der Waals surface area contributed by atoms with E-state index in [0.29, 0.717) is 17.8 Å². The third kappa shape index (κ3) is 5.07. The minimum atomic E-state index is -0.745. The molecule has 1 aromatic heterocycles. The quantitative estimate of drug-likeness (QED) is 0.382. The number of carboxylic acid groups (broad SMARTS) is 1. The number of aromatic nitrogens is 1. The Balaban J connectivity index is 0.000000491. The van der Waals surface area contributed by atoms with Crippen LogP contribution < -0.4 is 0 Å². The van der Waals surface area contributed by atoms with Gasteiger partial charge < -0.3 is 15.1 Å². The maximum Gasteiger partial charge on any atom is 0.303 e. The van der Waals surface area contributed by atoms with Gasteiger partial charge in [0, 0.05) is 35.7 Å². The van der Waals surface area contributed by atoms with Crippen LogP contribution in [0.15, 0.2) is 79.0 Å². The lowest BCUT2D eigenvalue weighted by molar-refractivity contribution is -0.136. The lowest BCUT2D eigenvalue weighted by Crippen LogP contribution is -2.04. The first-order chi connectivity index (χ1) is 14.9. The Kier molecular flexibility index (Phi) is 6.98. The van der Waals surface area contributed by atoms with E-state index in [9.17, 15) is 9.18 Å². The molecule has 0 saturated carbocycles. The van der Waals surface area contributed by atoms with Gasteiger partial charge in [0.05, 0.1) is 11.2 Å². The topological polar surface area (TPSA) is 66.1 Å². The zero-order chi connectivity index (χ0) is 22.4. The van der Waals surface area contributed by atoms with Crippen LogP contribution in [0.4, 0.5) is 4.39 Å². The maximum absolute atomic E-state index is 14.3. The summed E-state index contributed by atoms with van der Waals surface area (Å²) in [6, 6.07) is 22.7. The highest BCUT2D eigenvalue weighted by molar-refractivity contribution is 6.10. The number of aliphatic carboxylic acids is 1. The molecule has 0 fully saturated rings. The zero-order valence-corrected chi connectivity index (χ0v) is 17.6. The number of benzene rings is 3. The molecule has 0 aliphatic carbocycles. The number of carboxylic acids is 1. The average Bonchev–Trinajstić information content (AvgIpc) is 3.16. The summed E-state index contributed by atoms with van der Waals surface area (Å²) in [5, 5.41) is 17.4. The zero-order valence-electron chi connectivity index (χ0n) is 17.6.